The third kappa shape index (κ3) is 6.62. The van der Waals surface area contributed by atoms with Gasteiger partial charge in [-0.3, -0.25) is 4.79 Å². The quantitative estimate of drug-likeness (QED) is 0.572. The molecule has 0 spiro atoms. The molecule has 1 atom stereocenters. The van der Waals surface area contributed by atoms with E-state index in [4.69, 9.17) is 9.47 Å². The number of methoxy groups -OCH3 is 1. The van der Waals surface area contributed by atoms with Crippen LogP contribution in [0.4, 0.5) is 0 Å². The molecule has 2 aromatic carbocycles. The summed E-state index contributed by atoms with van der Waals surface area (Å²) >= 11 is 0. The summed E-state index contributed by atoms with van der Waals surface area (Å²) in [6.07, 6.45) is 3.09. The molecule has 2 rings (SSSR count). The Labute approximate surface area is 160 Å². The van der Waals surface area contributed by atoms with Crippen LogP contribution in [-0.4, -0.2) is 25.0 Å². The Balaban J connectivity index is 1.89. The molecule has 0 aliphatic rings. The average Bonchev–Trinajstić information content (AvgIpc) is 2.69. The molecule has 0 aromatic heterocycles. The van der Waals surface area contributed by atoms with Crippen molar-refractivity contribution in [3.8, 4) is 5.75 Å². The first-order chi connectivity index (χ1) is 13.0. The van der Waals surface area contributed by atoms with Crippen molar-refractivity contribution in [3.63, 3.8) is 0 Å². The van der Waals surface area contributed by atoms with Crippen LogP contribution in [0.25, 0.3) is 6.08 Å². The Morgan fingerprint density at radius 2 is 1.70 bits per heavy atom. The molecule has 0 aliphatic carbocycles. The maximum absolute atomic E-state index is 12.0. The number of esters is 1. The van der Waals surface area contributed by atoms with Crippen molar-refractivity contribution >= 4 is 18.0 Å². The molecule has 0 aliphatic heterocycles. The first-order valence-electron chi connectivity index (χ1n) is 8.83. The predicted molar refractivity (Wildman–Crippen MR) is 105 cm³/mol. The Kier molecular flexibility index (Phi) is 7.62. The van der Waals surface area contributed by atoms with Crippen LogP contribution >= 0.6 is 0 Å². The third-order valence-corrected chi connectivity index (χ3v) is 3.98. The number of carbonyl (C=O) groups excluding carboxylic acids is 2. The lowest BCUT2D eigenvalue weighted by molar-refractivity contribution is -0.145. The Morgan fingerprint density at radius 3 is 2.30 bits per heavy atom. The zero-order valence-electron chi connectivity index (χ0n) is 15.8. The first kappa shape index (κ1) is 20.2. The van der Waals surface area contributed by atoms with Gasteiger partial charge in [-0.25, -0.2) is 4.79 Å². The second-order valence-corrected chi connectivity index (χ2v) is 6.43. The lowest BCUT2D eigenvalue weighted by Crippen LogP contribution is -2.44. The van der Waals surface area contributed by atoms with Crippen LogP contribution in [0.2, 0.25) is 0 Å². The van der Waals surface area contributed by atoms with Gasteiger partial charge >= 0.3 is 5.97 Å². The van der Waals surface area contributed by atoms with E-state index in [1.807, 2.05) is 68.4 Å². The van der Waals surface area contributed by atoms with Gasteiger partial charge in [0.05, 0.1) is 7.11 Å². The van der Waals surface area contributed by atoms with Crippen molar-refractivity contribution < 1.29 is 19.1 Å². The zero-order valence-corrected chi connectivity index (χ0v) is 15.8. The third-order valence-electron chi connectivity index (χ3n) is 3.98. The van der Waals surface area contributed by atoms with Crippen LogP contribution in [0.15, 0.2) is 60.7 Å². The number of amides is 1. The van der Waals surface area contributed by atoms with Crippen LogP contribution in [0, 0.1) is 5.92 Å². The minimum atomic E-state index is -0.666. The second kappa shape index (κ2) is 10.2. The van der Waals surface area contributed by atoms with Crippen molar-refractivity contribution in [2.24, 2.45) is 5.92 Å². The molecule has 2 aromatic rings. The largest absolute Gasteiger partial charge is 0.489 e. The highest BCUT2D eigenvalue weighted by atomic mass is 16.5. The number of hydrogen-bond donors (Lipinski definition) is 1. The van der Waals surface area contributed by atoms with Gasteiger partial charge in [0, 0.05) is 6.08 Å². The monoisotopic (exact) mass is 367 g/mol. The Morgan fingerprint density at radius 1 is 1.04 bits per heavy atom. The fraction of sp³-hybridized carbons (Fsp3) is 0.273. The molecule has 27 heavy (non-hydrogen) atoms. The van der Waals surface area contributed by atoms with Gasteiger partial charge in [-0.1, -0.05) is 56.3 Å². The summed E-state index contributed by atoms with van der Waals surface area (Å²) in [4.78, 5) is 23.7. The normalized spacial score (nSPS) is 12.0. The molecule has 0 heterocycles. The van der Waals surface area contributed by atoms with E-state index in [-0.39, 0.29) is 11.8 Å². The number of benzene rings is 2. The number of carbonyl (C=O) groups is 2. The van der Waals surface area contributed by atoms with E-state index in [0.29, 0.717) is 6.61 Å². The number of hydrogen-bond acceptors (Lipinski definition) is 4. The van der Waals surface area contributed by atoms with Crippen molar-refractivity contribution in [1.82, 2.24) is 5.32 Å². The van der Waals surface area contributed by atoms with Crippen molar-refractivity contribution in [3.05, 3.63) is 71.8 Å². The summed E-state index contributed by atoms with van der Waals surface area (Å²) in [6.45, 7) is 4.20. The summed E-state index contributed by atoms with van der Waals surface area (Å²) in [5.41, 5.74) is 1.96. The SMILES string of the molecule is COC(=O)C(NC(=O)/C=C/c1ccc(OCc2ccccc2)cc1)C(C)C. The summed E-state index contributed by atoms with van der Waals surface area (Å²) in [5, 5.41) is 2.66. The summed E-state index contributed by atoms with van der Waals surface area (Å²) < 4.78 is 10.4. The number of nitrogens with one attached hydrogen (secondary N) is 1. The molecule has 0 bridgehead atoms. The minimum Gasteiger partial charge on any atom is -0.489 e. The van der Waals surface area contributed by atoms with Crippen molar-refractivity contribution in [2.75, 3.05) is 7.11 Å². The van der Waals surface area contributed by atoms with Gasteiger partial charge in [0.25, 0.3) is 0 Å². The van der Waals surface area contributed by atoms with Gasteiger partial charge in [-0.15, -0.1) is 0 Å². The van der Waals surface area contributed by atoms with Crippen molar-refractivity contribution in [2.45, 2.75) is 26.5 Å². The van der Waals surface area contributed by atoms with Crippen LogP contribution in [-0.2, 0) is 20.9 Å². The highest BCUT2D eigenvalue weighted by molar-refractivity contribution is 5.94. The Bertz CT molecular complexity index is 767. The molecule has 5 nitrogen and oxygen atoms in total. The molecule has 1 N–H and O–H groups in total. The fourth-order valence-corrected chi connectivity index (χ4v) is 2.41. The molecule has 1 amide bonds. The second-order valence-electron chi connectivity index (χ2n) is 6.43. The molecule has 5 heteroatoms. The molecule has 0 radical (unpaired) electrons. The van der Waals surface area contributed by atoms with Crippen LogP contribution < -0.4 is 10.1 Å². The van der Waals surface area contributed by atoms with E-state index in [0.717, 1.165) is 16.9 Å². The molecule has 1 unspecified atom stereocenters. The van der Waals surface area contributed by atoms with Crippen molar-refractivity contribution in [1.29, 1.82) is 0 Å². The first-order valence-corrected chi connectivity index (χ1v) is 8.83. The zero-order chi connectivity index (χ0) is 19.6. The van der Waals surface area contributed by atoms with E-state index in [1.165, 1.54) is 13.2 Å². The van der Waals surface area contributed by atoms with Gasteiger partial charge in [0.2, 0.25) is 5.91 Å². The van der Waals surface area contributed by atoms with E-state index in [1.54, 1.807) is 6.08 Å². The van der Waals surface area contributed by atoms with Crippen LogP contribution in [0.3, 0.4) is 0 Å². The lowest BCUT2D eigenvalue weighted by Gasteiger charge is -2.18. The molecule has 0 saturated heterocycles. The topological polar surface area (TPSA) is 64.6 Å². The standard InChI is InChI=1S/C22H25NO4/c1-16(2)21(22(25)26-3)23-20(24)14-11-17-9-12-19(13-10-17)27-15-18-7-5-4-6-8-18/h4-14,16,21H,15H2,1-3H3,(H,23,24)/b14-11+. The summed E-state index contributed by atoms with van der Waals surface area (Å²) in [6, 6.07) is 16.7. The van der Waals surface area contributed by atoms with Gasteiger partial charge in [0.15, 0.2) is 0 Å². The van der Waals surface area contributed by atoms with E-state index in [2.05, 4.69) is 5.32 Å². The van der Waals surface area contributed by atoms with E-state index in [9.17, 15) is 9.59 Å². The molecule has 0 saturated carbocycles. The van der Waals surface area contributed by atoms with Gasteiger partial charge in [-0.2, -0.15) is 0 Å². The van der Waals surface area contributed by atoms with Gasteiger partial charge in [0.1, 0.15) is 18.4 Å². The minimum absolute atomic E-state index is 0.0594. The molecule has 142 valence electrons. The lowest BCUT2D eigenvalue weighted by atomic mass is 10.0. The average molecular weight is 367 g/mol. The van der Waals surface area contributed by atoms with Gasteiger partial charge in [-0.05, 0) is 35.3 Å². The molecule has 0 fully saturated rings. The summed E-state index contributed by atoms with van der Waals surface area (Å²) in [7, 11) is 1.31. The van der Waals surface area contributed by atoms with E-state index < -0.39 is 12.0 Å². The predicted octanol–water partition coefficient (Wildman–Crippen LogP) is 3.59. The Hall–Kier alpha value is -3.08. The maximum atomic E-state index is 12.0. The van der Waals surface area contributed by atoms with E-state index >= 15 is 0 Å². The molecular formula is C22H25NO4. The highest BCUT2D eigenvalue weighted by Crippen LogP contribution is 2.15. The number of rotatable bonds is 8. The van der Waals surface area contributed by atoms with Crippen LogP contribution in [0.1, 0.15) is 25.0 Å². The maximum Gasteiger partial charge on any atom is 0.328 e. The van der Waals surface area contributed by atoms with Crippen LogP contribution in [0.5, 0.6) is 5.75 Å². The van der Waals surface area contributed by atoms with Gasteiger partial charge < -0.3 is 14.8 Å². The fourth-order valence-electron chi connectivity index (χ4n) is 2.41. The molecular weight excluding hydrogens is 342 g/mol. The number of ether oxygens (including phenoxy) is 2. The summed E-state index contributed by atoms with van der Waals surface area (Å²) in [5.74, 6) is -0.1000. The smallest absolute Gasteiger partial charge is 0.328 e. The highest BCUT2D eigenvalue weighted by Gasteiger charge is 2.23.